The number of hydrogen-bond acceptors (Lipinski definition) is 3. The van der Waals surface area contributed by atoms with Crippen LogP contribution in [0.1, 0.15) is 0 Å². The van der Waals surface area contributed by atoms with Gasteiger partial charge in [-0.1, -0.05) is 0 Å². The second-order valence-electron chi connectivity index (χ2n) is 1.80. The Balaban J connectivity index is 2.95. The van der Waals surface area contributed by atoms with Crippen LogP contribution in [0.2, 0.25) is 0 Å². The molecule has 2 aromatic rings. The standard InChI is InChI=1S/C5H3BrN4/c6-4-2-1-3-10-5(4)7-8-9-10/h1-3H. The Labute approximate surface area is 65.0 Å². The highest BCUT2D eigenvalue weighted by Crippen LogP contribution is 2.12. The highest BCUT2D eigenvalue weighted by atomic mass is 79.9. The molecule has 0 bridgehead atoms. The van der Waals surface area contributed by atoms with Gasteiger partial charge in [-0.25, -0.2) is 0 Å². The molecule has 2 aromatic heterocycles. The molecule has 0 radical (unpaired) electrons. The summed E-state index contributed by atoms with van der Waals surface area (Å²) in [6, 6.07) is 3.76. The van der Waals surface area contributed by atoms with Gasteiger partial charge in [0.25, 0.3) is 0 Å². The van der Waals surface area contributed by atoms with Crippen molar-refractivity contribution in [2.24, 2.45) is 0 Å². The number of rotatable bonds is 0. The van der Waals surface area contributed by atoms with Crippen LogP contribution >= 0.6 is 15.9 Å². The summed E-state index contributed by atoms with van der Waals surface area (Å²) < 4.78 is 2.50. The maximum absolute atomic E-state index is 3.77. The molecule has 0 fully saturated rings. The van der Waals surface area contributed by atoms with Crippen molar-refractivity contribution in [2.75, 3.05) is 0 Å². The lowest BCUT2D eigenvalue weighted by molar-refractivity contribution is 0.823. The summed E-state index contributed by atoms with van der Waals surface area (Å²) in [5, 5.41) is 11.0. The predicted octanol–water partition coefficient (Wildman–Crippen LogP) is 0.887. The summed E-state index contributed by atoms with van der Waals surface area (Å²) in [5.74, 6) is 0. The third kappa shape index (κ3) is 0.706. The maximum Gasteiger partial charge on any atom is 0.193 e. The van der Waals surface area contributed by atoms with Crippen molar-refractivity contribution in [1.29, 1.82) is 0 Å². The van der Waals surface area contributed by atoms with Crippen LogP contribution in [-0.2, 0) is 0 Å². The first-order valence-corrected chi connectivity index (χ1v) is 3.49. The van der Waals surface area contributed by atoms with E-state index >= 15 is 0 Å². The van der Waals surface area contributed by atoms with Crippen LogP contribution in [0.15, 0.2) is 22.8 Å². The Bertz CT molecular complexity index is 355. The van der Waals surface area contributed by atoms with Crippen LogP contribution in [0, 0.1) is 0 Å². The smallest absolute Gasteiger partial charge is 0.193 e. The topological polar surface area (TPSA) is 43.1 Å². The van der Waals surface area contributed by atoms with Gasteiger partial charge in [-0.05, 0) is 38.5 Å². The van der Waals surface area contributed by atoms with Gasteiger partial charge >= 0.3 is 0 Å². The summed E-state index contributed by atoms with van der Waals surface area (Å²) in [6.07, 6.45) is 1.79. The average molecular weight is 199 g/mol. The van der Waals surface area contributed by atoms with Crippen LogP contribution in [0.5, 0.6) is 0 Å². The van der Waals surface area contributed by atoms with Crippen LogP contribution < -0.4 is 0 Å². The number of nitrogens with zero attached hydrogens (tertiary/aromatic N) is 4. The highest BCUT2D eigenvalue weighted by molar-refractivity contribution is 9.10. The second-order valence-corrected chi connectivity index (χ2v) is 2.66. The van der Waals surface area contributed by atoms with E-state index in [9.17, 15) is 0 Å². The zero-order chi connectivity index (χ0) is 6.97. The second kappa shape index (κ2) is 2.02. The Kier molecular flexibility index (Phi) is 1.17. The third-order valence-corrected chi connectivity index (χ3v) is 1.80. The van der Waals surface area contributed by atoms with E-state index in [0.29, 0.717) is 0 Å². The summed E-state index contributed by atoms with van der Waals surface area (Å²) in [5.41, 5.74) is 0.738. The molecule has 5 heteroatoms. The van der Waals surface area contributed by atoms with Crippen LogP contribution in [0.25, 0.3) is 5.65 Å². The molecule has 0 amide bonds. The Morgan fingerprint density at radius 3 is 3.20 bits per heavy atom. The molecule has 0 saturated heterocycles. The van der Waals surface area contributed by atoms with Crippen LogP contribution in [-0.4, -0.2) is 20.0 Å². The average Bonchev–Trinajstić information content (AvgIpc) is 2.36. The summed E-state index contributed by atoms with van der Waals surface area (Å²) in [4.78, 5) is 0. The molecule has 0 unspecified atom stereocenters. The van der Waals surface area contributed by atoms with E-state index in [-0.39, 0.29) is 0 Å². The molecule has 0 spiro atoms. The first-order chi connectivity index (χ1) is 4.88. The van der Waals surface area contributed by atoms with Crippen molar-refractivity contribution in [3.63, 3.8) is 0 Å². The monoisotopic (exact) mass is 198 g/mol. The molecule has 0 N–H and O–H groups in total. The molecule has 2 rings (SSSR count). The molecule has 0 aliphatic rings. The van der Waals surface area contributed by atoms with Gasteiger partial charge in [0.1, 0.15) is 0 Å². The minimum atomic E-state index is 0.738. The molecule has 0 aliphatic heterocycles. The van der Waals surface area contributed by atoms with Gasteiger partial charge in [0, 0.05) is 6.20 Å². The number of halogens is 1. The fourth-order valence-corrected chi connectivity index (χ4v) is 1.15. The van der Waals surface area contributed by atoms with E-state index in [2.05, 4.69) is 31.5 Å². The lowest BCUT2D eigenvalue weighted by atomic mass is 10.5. The molecule has 0 aromatic carbocycles. The third-order valence-electron chi connectivity index (χ3n) is 1.18. The first-order valence-electron chi connectivity index (χ1n) is 2.70. The lowest BCUT2D eigenvalue weighted by Crippen LogP contribution is -1.85. The molecule has 50 valence electrons. The minimum absolute atomic E-state index is 0.738. The van der Waals surface area contributed by atoms with E-state index in [1.807, 2.05) is 12.1 Å². The summed E-state index contributed by atoms with van der Waals surface area (Å²) in [6.45, 7) is 0. The number of fused-ring (bicyclic) bond motifs is 1. The minimum Gasteiger partial charge on any atom is -0.200 e. The quantitative estimate of drug-likeness (QED) is 0.632. The van der Waals surface area contributed by atoms with Gasteiger partial charge in [-0.2, -0.15) is 4.52 Å². The van der Waals surface area contributed by atoms with Gasteiger partial charge < -0.3 is 0 Å². The number of tetrazole rings is 1. The molecule has 0 atom stereocenters. The van der Waals surface area contributed by atoms with E-state index in [1.54, 1.807) is 10.7 Å². The molecule has 4 nitrogen and oxygen atoms in total. The summed E-state index contributed by atoms with van der Waals surface area (Å²) >= 11 is 3.31. The molecule has 0 saturated carbocycles. The molecule has 2 heterocycles. The van der Waals surface area contributed by atoms with Crippen molar-refractivity contribution >= 4 is 21.6 Å². The SMILES string of the molecule is Brc1cccn2nnnc12. The van der Waals surface area contributed by atoms with Gasteiger partial charge in [0.05, 0.1) is 4.47 Å². The molecule has 10 heavy (non-hydrogen) atoms. The predicted molar refractivity (Wildman–Crippen MR) is 38.5 cm³/mol. The molecular formula is C5H3BrN4. The van der Waals surface area contributed by atoms with Gasteiger partial charge in [0.2, 0.25) is 0 Å². The van der Waals surface area contributed by atoms with Crippen molar-refractivity contribution in [3.8, 4) is 0 Å². The molecular weight excluding hydrogens is 196 g/mol. The van der Waals surface area contributed by atoms with Gasteiger partial charge in [-0.15, -0.1) is 5.10 Å². The number of hydrogen-bond donors (Lipinski definition) is 0. The maximum atomic E-state index is 3.77. The number of pyridine rings is 1. The summed E-state index contributed by atoms with van der Waals surface area (Å²) in [7, 11) is 0. The van der Waals surface area contributed by atoms with E-state index in [0.717, 1.165) is 10.1 Å². The van der Waals surface area contributed by atoms with Crippen LogP contribution in [0.3, 0.4) is 0 Å². The van der Waals surface area contributed by atoms with Crippen LogP contribution in [0.4, 0.5) is 0 Å². The largest absolute Gasteiger partial charge is 0.200 e. The van der Waals surface area contributed by atoms with Crippen molar-refractivity contribution in [3.05, 3.63) is 22.8 Å². The van der Waals surface area contributed by atoms with E-state index in [4.69, 9.17) is 0 Å². The van der Waals surface area contributed by atoms with Crippen molar-refractivity contribution in [2.45, 2.75) is 0 Å². The van der Waals surface area contributed by atoms with Crippen molar-refractivity contribution < 1.29 is 0 Å². The Morgan fingerprint density at radius 1 is 1.50 bits per heavy atom. The molecule has 0 aliphatic carbocycles. The number of aromatic nitrogens is 4. The fourth-order valence-electron chi connectivity index (χ4n) is 0.735. The zero-order valence-electron chi connectivity index (χ0n) is 4.90. The zero-order valence-corrected chi connectivity index (χ0v) is 6.48. The fraction of sp³-hybridized carbons (Fsp3) is 0. The van der Waals surface area contributed by atoms with E-state index < -0.39 is 0 Å². The van der Waals surface area contributed by atoms with Gasteiger partial charge in [0.15, 0.2) is 5.65 Å². The van der Waals surface area contributed by atoms with Gasteiger partial charge in [-0.3, -0.25) is 0 Å². The highest BCUT2D eigenvalue weighted by Gasteiger charge is 1.98. The lowest BCUT2D eigenvalue weighted by Gasteiger charge is -1.88. The normalized spacial score (nSPS) is 10.5. The van der Waals surface area contributed by atoms with E-state index in [1.165, 1.54) is 0 Å². The Morgan fingerprint density at radius 2 is 2.40 bits per heavy atom. The Hall–Kier alpha value is -0.970. The van der Waals surface area contributed by atoms with Crippen molar-refractivity contribution in [1.82, 2.24) is 20.0 Å². The first kappa shape index (κ1) is 5.79.